The number of nitrogens with zero attached hydrogens (tertiary/aromatic N) is 1. The zero-order valence-electron chi connectivity index (χ0n) is 12.9. The van der Waals surface area contributed by atoms with Crippen LogP contribution in [0.5, 0.6) is 5.88 Å². The lowest BCUT2D eigenvalue weighted by Gasteiger charge is -2.36. The van der Waals surface area contributed by atoms with Gasteiger partial charge in [-0.05, 0) is 31.1 Å². The average Bonchev–Trinajstić information content (AvgIpc) is 2.25. The van der Waals surface area contributed by atoms with Crippen molar-refractivity contribution in [3.8, 4) is 5.88 Å². The van der Waals surface area contributed by atoms with E-state index in [-0.39, 0.29) is 11.1 Å². The average molecular weight is 282 g/mol. The molecule has 2 N–H and O–H groups in total. The van der Waals surface area contributed by atoms with Gasteiger partial charge in [0.1, 0.15) is 6.10 Å². The van der Waals surface area contributed by atoms with Gasteiger partial charge >= 0.3 is 0 Å². The van der Waals surface area contributed by atoms with Crippen LogP contribution in [0.25, 0.3) is 0 Å². The molecule has 0 unspecified atom stereocenters. The minimum atomic E-state index is -1.72. The van der Waals surface area contributed by atoms with Crippen LogP contribution in [0.15, 0.2) is 18.3 Å². The summed E-state index contributed by atoms with van der Waals surface area (Å²) in [4.78, 5) is 4.13. The van der Waals surface area contributed by atoms with Gasteiger partial charge in [0.15, 0.2) is 8.32 Å². The first-order valence-corrected chi connectivity index (χ1v) is 9.55. The predicted octanol–water partition coefficient (Wildman–Crippen LogP) is 3.45. The Morgan fingerprint density at radius 2 is 2.00 bits per heavy atom. The number of hydrogen-bond acceptors (Lipinski definition) is 4. The highest BCUT2D eigenvalue weighted by Gasteiger charge is 2.37. The lowest BCUT2D eigenvalue weighted by molar-refractivity contribution is 0.129. The number of ether oxygens (including phenoxy) is 1. The maximum atomic E-state index is 6.11. The van der Waals surface area contributed by atoms with Gasteiger partial charge in [-0.2, -0.15) is 0 Å². The van der Waals surface area contributed by atoms with Gasteiger partial charge in [-0.15, -0.1) is 0 Å². The molecule has 108 valence electrons. The van der Waals surface area contributed by atoms with E-state index in [1.165, 1.54) is 0 Å². The van der Waals surface area contributed by atoms with E-state index in [0.717, 1.165) is 0 Å². The molecule has 0 saturated carbocycles. The normalized spacial score (nSPS) is 14.2. The van der Waals surface area contributed by atoms with Crippen LogP contribution in [0.2, 0.25) is 18.1 Å². The summed E-state index contributed by atoms with van der Waals surface area (Å²) in [7, 11) is -1.72. The van der Waals surface area contributed by atoms with Crippen LogP contribution in [0.3, 0.4) is 0 Å². The quantitative estimate of drug-likeness (QED) is 0.840. The van der Waals surface area contributed by atoms with Crippen molar-refractivity contribution in [3.63, 3.8) is 0 Å². The smallest absolute Gasteiger partial charge is 0.215 e. The minimum absolute atomic E-state index is 0.0385. The maximum absolute atomic E-state index is 6.11. The first kappa shape index (κ1) is 16.0. The Bertz CT molecular complexity index is 416. The van der Waals surface area contributed by atoms with Crippen molar-refractivity contribution in [2.24, 2.45) is 0 Å². The Hall–Kier alpha value is -1.07. The molecule has 1 aromatic rings. The number of nitrogens with two attached hydrogens (primary N) is 1. The van der Waals surface area contributed by atoms with E-state index >= 15 is 0 Å². The molecule has 0 aliphatic rings. The lowest BCUT2D eigenvalue weighted by Crippen LogP contribution is -2.43. The summed E-state index contributed by atoms with van der Waals surface area (Å²) >= 11 is 0. The Balaban J connectivity index is 2.51. The molecule has 1 heterocycles. The highest BCUT2D eigenvalue weighted by Crippen LogP contribution is 2.36. The number of hydrogen-bond donors (Lipinski definition) is 1. The Kier molecular flexibility index (Phi) is 4.98. The number of pyridine rings is 1. The Labute approximate surface area is 117 Å². The number of nitrogen functional groups attached to an aromatic ring is 1. The van der Waals surface area contributed by atoms with Gasteiger partial charge in [0, 0.05) is 18.0 Å². The van der Waals surface area contributed by atoms with Crippen LogP contribution >= 0.6 is 0 Å². The first-order chi connectivity index (χ1) is 8.62. The van der Waals surface area contributed by atoms with E-state index in [2.05, 4.69) is 38.8 Å². The molecule has 0 saturated heterocycles. The molecule has 0 fully saturated rings. The maximum Gasteiger partial charge on any atom is 0.215 e. The molecule has 0 aliphatic heterocycles. The van der Waals surface area contributed by atoms with E-state index in [1.54, 1.807) is 18.3 Å². The SMILES string of the molecule is C[C@H](CO[Si](C)(C)C(C)(C)C)Oc1cc(N)ccn1. The highest BCUT2D eigenvalue weighted by molar-refractivity contribution is 6.74. The van der Waals surface area contributed by atoms with Crippen LogP contribution in [0.4, 0.5) is 5.69 Å². The van der Waals surface area contributed by atoms with Gasteiger partial charge in [0.25, 0.3) is 0 Å². The topological polar surface area (TPSA) is 57.4 Å². The number of anilines is 1. The fourth-order valence-electron chi connectivity index (χ4n) is 1.27. The van der Waals surface area contributed by atoms with Crippen LogP contribution in [-0.2, 0) is 4.43 Å². The van der Waals surface area contributed by atoms with Crippen molar-refractivity contribution < 1.29 is 9.16 Å². The van der Waals surface area contributed by atoms with E-state index in [1.807, 2.05) is 6.92 Å². The Morgan fingerprint density at radius 1 is 1.37 bits per heavy atom. The van der Waals surface area contributed by atoms with Gasteiger partial charge in [0.05, 0.1) is 6.61 Å². The Morgan fingerprint density at radius 3 is 2.53 bits per heavy atom. The fraction of sp³-hybridized carbons (Fsp3) is 0.643. The number of rotatable bonds is 5. The van der Waals surface area contributed by atoms with E-state index in [0.29, 0.717) is 18.2 Å². The summed E-state index contributed by atoms with van der Waals surface area (Å²) in [6.07, 6.45) is 1.61. The van der Waals surface area contributed by atoms with E-state index < -0.39 is 8.32 Å². The molecule has 0 aliphatic carbocycles. The van der Waals surface area contributed by atoms with Crippen molar-refractivity contribution in [1.29, 1.82) is 0 Å². The molecule has 4 nitrogen and oxygen atoms in total. The van der Waals surface area contributed by atoms with Gasteiger partial charge in [-0.3, -0.25) is 0 Å². The third kappa shape index (κ3) is 4.84. The fourth-order valence-corrected chi connectivity index (χ4v) is 2.36. The second-order valence-corrected chi connectivity index (χ2v) is 11.2. The second-order valence-electron chi connectivity index (χ2n) is 6.43. The van der Waals surface area contributed by atoms with Crippen LogP contribution in [0, 0.1) is 0 Å². The third-order valence-electron chi connectivity index (χ3n) is 3.57. The van der Waals surface area contributed by atoms with Crippen molar-refractivity contribution in [1.82, 2.24) is 4.98 Å². The molecule has 0 aromatic carbocycles. The molecule has 0 amide bonds. The summed E-state index contributed by atoms with van der Waals surface area (Å²) in [5, 5.41) is 0.210. The zero-order valence-corrected chi connectivity index (χ0v) is 13.9. The third-order valence-corrected chi connectivity index (χ3v) is 8.07. The molecule has 0 bridgehead atoms. The van der Waals surface area contributed by atoms with Gasteiger partial charge in [0.2, 0.25) is 5.88 Å². The minimum Gasteiger partial charge on any atom is -0.472 e. The molecule has 0 spiro atoms. The summed E-state index contributed by atoms with van der Waals surface area (Å²) in [6, 6.07) is 3.46. The standard InChI is InChI=1S/C14H26N2O2Si/c1-11(10-17-19(5,6)14(2,3)4)18-13-9-12(15)7-8-16-13/h7-9,11H,10H2,1-6H3,(H2,15,16)/t11-/m1/s1. The summed E-state index contributed by atoms with van der Waals surface area (Å²) in [6.45, 7) is 13.7. The van der Waals surface area contributed by atoms with Crippen molar-refractivity contribution >= 4 is 14.0 Å². The van der Waals surface area contributed by atoms with E-state index in [4.69, 9.17) is 14.9 Å². The molecular weight excluding hydrogens is 256 g/mol. The molecular formula is C14H26N2O2Si. The molecule has 1 atom stereocenters. The summed E-state index contributed by atoms with van der Waals surface area (Å²) in [5.74, 6) is 0.548. The summed E-state index contributed by atoms with van der Waals surface area (Å²) in [5.41, 5.74) is 6.35. The van der Waals surface area contributed by atoms with Crippen molar-refractivity contribution in [2.45, 2.75) is 51.9 Å². The molecule has 1 aromatic heterocycles. The van der Waals surface area contributed by atoms with Gasteiger partial charge in [-0.1, -0.05) is 20.8 Å². The molecule has 1 rings (SSSR count). The van der Waals surface area contributed by atoms with Crippen molar-refractivity contribution in [3.05, 3.63) is 18.3 Å². The second kappa shape index (κ2) is 5.92. The van der Waals surface area contributed by atoms with Crippen molar-refractivity contribution in [2.75, 3.05) is 12.3 Å². The van der Waals surface area contributed by atoms with Gasteiger partial charge in [-0.25, -0.2) is 4.98 Å². The monoisotopic (exact) mass is 282 g/mol. The number of aromatic nitrogens is 1. The zero-order chi connectivity index (χ0) is 14.7. The van der Waals surface area contributed by atoms with Crippen LogP contribution in [-0.4, -0.2) is 26.0 Å². The molecule has 5 heteroatoms. The lowest BCUT2D eigenvalue weighted by atomic mass is 10.2. The first-order valence-electron chi connectivity index (χ1n) is 6.64. The summed E-state index contributed by atoms with van der Waals surface area (Å²) < 4.78 is 11.8. The largest absolute Gasteiger partial charge is 0.472 e. The molecule has 0 radical (unpaired) electrons. The highest BCUT2D eigenvalue weighted by atomic mass is 28.4. The van der Waals surface area contributed by atoms with Crippen LogP contribution < -0.4 is 10.5 Å². The molecule has 19 heavy (non-hydrogen) atoms. The van der Waals surface area contributed by atoms with Crippen LogP contribution in [0.1, 0.15) is 27.7 Å². The van der Waals surface area contributed by atoms with Gasteiger partial charge < -0.3 is 14.9 Å². The predicted molar refractivity (Wildman–Crippen MR) is 81.9 cm³/mol. The van der Waals surface area contributed by atoms with E-state index in [9.17, 15) is 0 Å².